The van der Waals surface area contributed by atoms with Crippen LogP contribution in [0.3, 0.4) is 0 Å². The average molecular weight is 420 g/mol. The van der Waals surface area contributed by atoms with Gasteiger partial charge >= 0.3 is 5.69 Å². The Morgan fingerprint density at radius 2 is 1.87 bits per heavy atom. The Labute approximate surface area is 178 Å². The van der Waals surface area contributed by atoms with Crippen LogP contribution in [0.2, 0.25) is 0 Å². The van der Waals surface area contributed by atoms with E-state index in [1.54, 1.807) is 24.3 Å². The fraction of sp³-hybridized carbons (Fsp3) is 0.190. The standard InChI is InChI=1S/C21H20N6O4/c1-31-17-8-6-15(7-9-17)21(28)25-24-19-18(27(29)30)20(23-13-22-19)26-11-10-14-4-2-3-5-16(14)12-26/h2-9,13H,10-12H2,1H3,(H,25,28)(H,22,23,24). The quantitative estimate of drug-likeness (QED) is 0.461. The summed E-state index contributed by atoms with van der Waals surface area (Å²) in [6.45, 7) is 1.10. The maximum atomic E-state index is 12.4. The van der Waals surface area contributed by atoms with Crippen LogP contribution in [0.4, 0.5) is 17.3 Å². The van der Waals surface area contributed by atoms with Gasteiger partial charge in [0, 0.05) is 18.7 Å². The lowest BCUT2D eigenvalue weighted by Crippen LogP contribution is -2.33. The molecule has 1 amide bonds. The number of fused-ring (bicyclic) bond motifs is 1. The first-order valence-electron chi connectivity index (χ1n) is 9.58. The predicted molar refractivity (Wildman–Crippen MR) is 114 cm³/mol. The van der Waals surface area contributed by atoms with Crippen molar-refractivity contribution >= 4 is 23.2 Å². The minimum atomic E-state index is -0.544. The Hall–Kier alpha value is -4.21. The van der Waals surface area contributed by atoms with Crippen LogP contribution in [-0.2, 0) is 13.0 Å². The van der Waals surface area contributed by atoms with Gasteiger partial charge in [0.25, 0.3) is 5.91 Å². The van der Waals surface area contributed by atoms with Crippen LogP contribution in [0.5, 0.6) is 5.75 Å². The summed E-state index contributed by atoms with van der Waals surface area (Å²) in [6, 6.07) is 14.4. The molecular weight excluding hydrogens is 400 g/mol. The van der Waals surface area contributed by atoms with E-state index in [9.17, 15) is 14.9 Å². The maximum Gasteiger partial charge on any atom is 0.355 e. The normalized spacial score (nSPS) is 12.6. The second-order valence-corrected chi connectivity index (χ2v) is 6.90. The van der Waals surface area contributed by atoms with E-state index in [-0.39, 0.29) is 17.3 Å². The van der Waals surface area contributed by atoms with Crippen LogP contribution in [0.1, 0.15) is 21.5 Å². The fourth-order valence-corrected chi connectivity index (χ4v) is 3.47. The Balaban J connectivity index is 1.55. The van der Waals surface area contributed by atoms with Crippen LogP contribution in [0, 0.1) is 10.1 Å². The fourth-order valence-electron chi connectivity index (χ4n) is 3.47. The number of methoxy groups -OCH3 is 1. The summed E-state index contributed by atoms with van der Waals surface area (Å²) in [5.41, 5.74) is 7.41. The molecule has 10 nitrogen and oxygen atoms in total. The molecule has 4 rings (SSSR count). The number of ether oxygens (including phenoxy) is 1. The summed E-state index contributed by atoms with van der Waals surface area (Å²) in [7, 11) is 1.53. The molecule has 0 unspecified atom stereocenters. The lowest BCUT2D eigenvalue weighted by Gasteiger charge is -2.29. The number of aromatic nitrogens is 2. The highest BCUT2D eigenvalue weighted by Gasteiger charge is 2.29. The van der Waals surface area contributed by atoms with Crippen molar-refractivity contribution in [3.8, 4) is 5.75 Å². The second-order valence-electron chi connectivity index (χ2n) is 6.90. The van der Waals surface area contributed by atoms with Crippen molar-refractivity contribution in [2.75, 3.05) is 24.0 Å². The second kappa shape index (κ2) is 8.66. The highest BCUT2D eigenvalue weighted by molar-refractivity contribution is 5.95. The van der Waals surface area contributed by atoms with Crippen molar-refractivity contribution in [1.29, 1.82) is 0 Å². The third-order valence-electron chi connectivity index (χ3n) is 5.06. The molecule has 2 aromatic carbocycles. The molecule has 31 heavy (non-hydrogen) atoms. The molecule has 0 spiro atoms. The summed E-state index contributed by atoms with van der Waals surface area (Å²) >= 11 is 0. The minimum Gasteiger partial charge on any atom is -0.497 e. The molecule has 2 N–H and O–H groups in total. The lowest BCUT2D eigenvalue weighted by molar-refractivity contribution is -0.383. The number of nitro groups is 1. The van der Waals surface area contributed by atoms with Gasteiger partial charge in [-0.3, -0.25) is 25.8 Å². The molecule has 158 valence electrons. The molecule has 1 aliphatic rings. The summed E-state index contributed by atoms with van der Waals surface area (Å²) in [5, 5.41) is 11.8. The Morgan fingerprint density at radius 3 is 2.58 bits per heavy atom. The number of hydrogen-bond donors (Lipinski definition) is 2. The molecule has 0 aliphatic carbocycles. The number of rotatable bonds is 6. The van der Waals surface area contributed by atoms with Gasteiger partial charge in [0.15, 0.2) is 0 Å². The number of anilines is 2. The smallest absolute Gasteiger partial charge is 0.355 e. The first-order valence-corrected chi connectivity index (χ1v) is 9.58. The number of carbonyl (C=O) groups excluding carboxylic acids is 1. The van der Waals surface area contributed by atoms with Crippen molar-refractivity contribution in [3.05, 3.63) is 81.7 Å². The zero-order valence-corrected chi connectivity index (χ0v) is 16.7. The van der Waals surface area contributed by atoms with Crippen molar-refractivity contribution in [2.24, 2.45) is 0 Å². The molecule has 1 aromatic heterocycles. The highest BCUT2D eigenvalue weighted by atomic mass is 16.6. The average Bonchev–Trinajstić information content (AvgIpc) is 2.81. The summed E-state index contributed by atoms with van der Waals surface area (Å²) in [4.78, 5) is 33.7. The third kappa shape index (κ3) is 4.22. The minimum absolute atomic E-state index is 0.0873. The molecule has 1 aliphatic heterocycles. The van der Waals surface area contributed by atoms with Crippen LogP contribution < -0.4 is 20.5 Å². The monoisotopic (exact) mass is 420 g/mol. The largest absolute Gasteiger partial charge is 0.497 e. The van der Waals surface area contributed by atoms with E-state index >= 15 is 0 Å². The predicted octanol–water partition coefficient (Wildman–Crippen LogP) is 2.71. The molecule has 2 heterocycles. The first kappa shape index (κ1) is 20.1. The van der Waals surface area contributed by atoms with Gasteiger partial charge in [0.2, 0.25) is 11.6 Å². The number of hydrogen-bond acceptors (Lipinski definition) is 8. The number of amides is 1. The number of nitrogens with zero attached hydrogens (tertiary/aromatic N) is 4. The highest BCUT2D eigenvalue weighted by Crippen LogP contribution is 2.34. The van der Waals surface area contributed by atoms with Gasteiger partial charge in [-0.2, -0.15) is 0 Å². The SMILES string of the molecule is COc1ccc(C(=O)NNc2ncnc(N3CCc4ccccc4C3)c2[N+](=O)[O-])cc1. The number of benzene rings is 2. The van der Waals surface area contributed by atoms with E-state index in [2.05, 4.69) is 26.9 Å². The van der Waals surface area contributed by atoms with Crippen molar-refractivity contribution in [1.82, 2.24) is 15.4 Å². The number of carbonyl (C=O) groups is 1. The number of hydrazine groups is 1. The van der Waals surface area contributed by atoms with Crippen molar-refractivity contribution < 1.29 is 14.5 Å². The van der Waals surface area contributed by atoms with Gasteiger partial charge in [-0.1, -0.05) is 24.3 Å². The van der Waals surface area contributed by atoms with Gasteiger partial charge in [-0.05, 0) is 41.8 Å². The summed E-state index contributed by atoms with van der Waals surface area (Å²) < 4.78 is 5.07. The summed E-state index contributed by atoms with van der Waals surface area (Å²) in [5.74, 6) is 0.263. The molecule has 0 fully saturated rings. The van der Waals surface area contributed by atoms with E-state index in [1.165, 1.54) is 19.0 Å². The molecule has 3 aromatic rings. The van der Waals surface area contributed by atoms with Crippen LogP contribution in [0.25, 0.3) is 0 Å². The Morgan fingerprint density at radius 1 is 1.13 bits per heavy atom. The Bertz CT molecular complexity index is 1120. The van der Waals surface area contributed by atoms with Gasteiger partial charge in [-0.15, -0.1) is 0 Å². The zero-order chi connectivity index (χ0) is 21.8. The van der Waals surface area contributed by atoms with Crippen molar-refractivity contribution in [2.45, 2.75) is 13.0 Å². The molecule has 0 saturated carbocycles. The molecule has 10 heteroatoms. The van der Waals surface area contributed by atoms with Crippen LogP contribution in [0.15, 0.2) is 54.9 Å². The molecule has 0 atom stereocenters. The molecule has 0 saturated heterocycles. The van der Waals surface area contributed by atoms with E-state index in [0.717, 1.165) is 12.0 Å². The van der Waals surface area contributed by atoms with Crippen LogP contribution in [-0.4, -0.2) is 34.5 Å². The number of nitrogens with one attached hydrogen (secondary N) is 2. The third-order valence-corrected chi connectivity index (χ3v) is 5.06. The van der Waals surface area contributed by atoms with Gasteiger partial charge < -0.3 is 9.64 Å². The Kier molecular flexibility index (Phi) is 5.61. The molecule has 0 radical (unpaired) electrons. The van der Waals surface area contributed by atoms with Crippen molar-refractivity contribution in [3.63, 3.8) is 0 Å². The zero-order valence-electron chi connectivity index (χ0n) is 16.7. The van der Waals surface area contributed by atoms with Gasteiger partial charge in [0.05, 0.1) is 12.0 Å². The van der Waals surface area contributed by atoms with E-state index in [4.69, 9.17) is 4.74 Å². The van der Waals surface area contributed by atoms with Gasteiger partial charge in [-0.25, -0.2) is 9.97 Å². The van der Waals surface area contributed by atoms with Crippen LogP contribution >= 0.6 is 0 Å². The summed E-state index contributed by atoms with van der Waals surface area (Å²) in [6.07, 6.45) is 2.00. The van der Waals surface area contributed by atoms with E-state index < -0.39 is 10.8 Å². The molecular formula is C21H20N6O4. The van der Waals surface area contributed by atoms with Gasteiger partial charge in [0.1, 0.15) is 12.1 Å². The van der Waals surface area contributed by atoms with E-state index in [0.29, 0.717) is 24.4 Å². The topological polar surface area (TPSA) is 123 Å². The molecule has 0 bridgehead atoms. The lowest BCUT2D eigenvalue weighted by atomic mass is 10.00. The first-order chi connectivity index (χ1) is 15.1. The van der Waals surface area contributed by atoms with E-state index in [1.807, 2.05) is 23.1 Å². The maximum absolute atomic E-state index is 12.4.